The highest BCUT2D eigenvalue weighted by molar-refractivity contribution is 6.33. The van der Waals surface area contributed by atoms with Crippen LogP contribution in [0.4, 0.5) is 0 Å². The maximum absolute atomic E-state index is 6.13. The number of ether oxygens (including phenoxy) is 2. The molecule has 1 aliphatic heterocycles. The van der Waals surface area contributed by atoms with Crippen LogP contribution in [0.5, 0.6) is 11.5 Å². The number of fused-ring (bicyclic) bond motifs is 1. The summed E-state index contributed by atoms with van der Waals surface area (Å²) in [5, 5.41) is 4.71. The Morgan fingerprint density at radius 1 is 1.10 bits per heavy atom. The van der Waals surface area contributed by atoms with Crippen molar-refractivity contribution in [3.8, 4) is 11.5 Å². The highest BCUT2D eigenvalue weighted by Gasteiger charge is 2.20. The maximum Gasteiger partial charge on any atom is 0.161 e. The first kappa shape index (κ1) is 14.5. The van der Waals surface area contributed by atoms with Crippen molar-refractivity contribution in [3.63, 3.8) is 0 Å². The van der Waals surface area contributed by atoms with E-state index in [1.807, 2.05) is 30.3 Å². The molecule has 0 spiro atoms. The van der Waals surface area contributed by atoms with Crippen LogP contribution in [-0.4, -0.2) is 19.3 Å². The minimum Gasteiger partial charge on any atom is -0.486 e. The molecule has 1 N–H and O–H groups in total. The lowest BCUT2D eigenvalue weighted by molar-refractivity contribution is 0.0902. The van der Waals surface area contributed by atoms with Gasteiger partial charge in [0.1, 0.15) is 12.7 Å². The van der Waals surface area contributed by atoms with E-state index in [2.05, 4.69) is 5.32 Å². The van der Waals surface area contributed by atoms with Gasteiger partial charge in [0.05, 0.1) is 0 Å². The molecule has 3 nitrogen and oxygen atoms in total. The van der Waals surface area contributed by atoms with Crippen LogP contribution in [0.1, 0.15) is 5.56 Å². The molecule has 21 heavy (non-hydrogen) atoms. The van der Waals surface area contributed by atoms with Crippen LogP contribution in [0.25, 0.3) is 0 Å². The summed E-state index contributed by atoms with van der Waals surface area (Å²) in [4.78, 5) is 0. The Kier molecular flexibility index (Phi) is 4.54. The summed E-state index contributed by atoms with van der Waals surface area (Å²) in [6, 6.07) is 13.1. The number of hydrogen-bond acceptors (Lipinski definition) is 3. The van der Waals surface area contributed by atoms with Crippen LogP contribution in [-0.2, 0) is 6.54 Å². The topological polar surface area (TPSA) is 30.5 Å². The molecule has 0 radical (unpaired) electrons. The lowest BCUT2D eigenvalue weighted by Gasteiger charge is -2.26. The van der Waals surface area contributed by atoms with Gasteiger partial charge in [-0.25, -0.2) is 0 Å². The zero-order valence-corrected chi connectivity index (χ0v) is 12.8. The van der Waals surface area contributed by atoms with Crippen molar-refractivity contribution in [2.24, 2.45) is 0 Å². The van der Waals surface area contributed by atoms with Crippen molar-refractivity contribution in [1.82, 2.24) is 5.32 Å². The fourth-order valence-corrected chi connectivity index (χ4v) is 2.59. The van der Waals surface area contributed by atoms with Crippen molar-refractivity contribution in [2.45, 2.75) is 12.6 Å². The molecule has 2 aromatic carbocycles. The zero-order valence-electron chi connectivity index (χ0n) is 11.3. The molecular formula is C16H15Cl2NO2. The molecule has 1 aliphatic rings. The number of nitrogens with one attached hydrogen (secondary N) is 1. The minimum absolute atomic E-state index is 0.0159. The first-order valence-corrected chi connectivity index (χ1v) is 7.51. The van der Waals surface area contributed by atoms with Gasteiger partial charge in [0, 0.05) is 23.1 Å². The first-order chi connectivity index (χ1) is 10.2. The fraction of sp³-hybridized carbons (Fsp3) is 0.250. The molecule has 1 unspecified atom stereocenters. The Balaban J connectivity index is 1.54. The average molecular weight is 324 g/mol. The van der Waals surface area contributed by atoms with Crippen LogP contribution in [0.15, 0.2) is 42.5 Å². The van der Waals surface area contributed by atoms with Crippen LogP contribution >= 0.6 is 23.2 Å². The third kappa shape index (κ3) is 3.62. The Morgan fingerprint density at radius 2 is 1.90 bits per heavy atom. The van der Waals surface area contributed by atoms with E-state index in [-0.39, 0.29) is 6.10 Å². The van der Waals surface area contributed by atoms with Crippen molar-refractivity contribution >= 4 is 23.2 Å². The lowest BCUT2D eigenvalue weighted by atomic mass is 10.2. The van der Waals surface area contributed by atoms with Gasteiger partial charge in [0.25, 0.3) is 0 Å². The molecule has 2 aromatic rings. The van der Waals surface area contributed by atoms with Gasteiger partial charge in [-0.2, -0.15) is 0 Å². The van der Waals surface area contributed by atoms with Gasteiger partial charge in [-0.3, -0.25) is 0 Å². The van der Waals surface area contributed by atoms with Crippen molar-refractivity contribution in [2.75, 3.05) is 13.2 Å². The maximum atomic E-state index is 6.13. The smallest absolute Gasteiger partial charge is 0.161 e. The van der Waals surface area contributed by atoms with E-state index in [4.69, 9.17) is 32.7 Å². The monoisotopic (exact) mass is 323 g/mol. The van der Waals surface area contributed by atoms with E-state index in [9.17, 15) is 0 Å². The molecule has 0 saturated carbocycles. The van der Waals surface area contributed by atoms with Gasteiger partial charge in [0.15, 0.2) is 11.5 Å². The zero-order chi connectivity index (χ0) is 14.7. The Morgan fingerprint density at radius 3 is 2.76 bits per heavy atom. The second-order valence-corrected chi connectivity index (χ2v) is 5.71. The Hall–Kier alpha value is -1.42. The van der Waals surface area contributed by atoms with E-state index in [1.165, 1.54) is 0 Å². The molecule has 0 saturated heterocycles. The molecular weight excluding hydrogens is 309 g/mol. The molecule has 0 fully saturated rings. The fourth-order valence-electron chi connectivity index (χ4n) is 2.21. The summed E-state index contributed by atoms with van der Waals surface area (Å²) < 4.78 is 11.5. The third-order valence-corrected chi connectivity index (χ3v) is 3.87. The Bertz CT molecular complexity index is 633. The third-order valence-electron chi connectivity index (χ3n) is 3.26. The highest BCUT2D eigenvalue weighted by atomic mass is 35.5. The highest BCUT2D eigenvalue weighted by Crippen LogP contribution is 2.30. The van der Waals surface area contributed by atoms with Crippen molar-refractivity contribution in [1.29, 1.82) is 0 Å². The molecule has 0 aromatic heterocycles. The van der Waals surface area contributed by atoms with Crippen molar-refractivity contribution < 1.29 is 9.47 Å². The predicted octanol–water partition coefficient (Wildman–Crippen LogP) is 3.92. The molecule has 1 atom stereocenters. The summed E-state index contributed by atoms with van der Waals surface area (Å²) in [5.74, 6) is 1.59. The van der Waals surface area contributed by atoms with Gasteiger partial charge in [-0.05, 0) is 35.9 Å². The molecule has 3 rings (SSSR count). The van der Waals surface area contributed by atoms with E-state index in [0.717, 1.165) is 17.1 Å². The number of benzene rings is 2. The van der Waals surface area contributed by atoms with Gasteiger partial charge in [-0.15, -0.1) is 0 Å². The van der Waals surface area contributed by atoms with Gasteiger partial charge in [-0.1, -0.05) is 35.3 Å². The van der Waals surface area contributed by atoms with E-state index in [1.54, 1.807) is 12.1 Å². The number of hydrogen-bond donors (Lipinski definition) is 1. The second-order valence-electron chi connectivity index (χ2n) is 4.86. The molecule has 1 heterocycles. The Labute approximate surface area is 133 Å². The molecule has 0 bridgehead atoms. The quantitative estimate of drug-likeness (QED) is 0.924. The van der Waals surface area contributed by atoms with Crippen LogP contribution in [0.3, 0.4) is 0 Å². The SMILES string of the molecule is Clc1ccc(Cl)c(CNCC2COc3ccccc3O2)c1. The normalized spacial score (nSPS) is 16.8. The number of rotatable bonds is 4. The van der Waals surface area contributed by atoms with Gasteiger partial charge < -0.3 is 14.8 Å². The van der Waals surface area contributed by atoms with E-state index >= 15 is 0 Å². The lowest BCUT2D eigenvalue weighted by Crippen LogP contribution is -2.38. The van der Waals surface area contributed by atoms with Crippen LogP contribution in [0, 0.1) is 0 Å². The minimum atomic E-state index is -0.0159. The number of para-hydroxylation sites is 2. The van der Waals surface area contributed by atoms with Crippen molar-refractivity contribution in [3.05, 3.63) is 58.1 Å². The molecule has 0 amide bonds. The summed E-state index contributed by atoms with van der Waals surface area (Å²) in [7, 11) is 0. The summed E-state index contributed by atoms with van der Waals surface area (Å²) in [5.41, 5.74) is 0.973. The molecule has 110 valence electrons. The first-order valence-electron chi connectivity index (χ1n) is 6.75. The average Bonchev–Trinajstić information content (AvgIpc) is 2.50. The van der Waals surface area contributed by atoms with Crippen LogP contribution < -0.4 is 14.8 Å². The van der Waals surface area contributed by atoms with Gasteiger partial charge >= 0.3 is 0 Å². The standard InChI is InChI=1S/C16H15Cl2NO2/c17-12-5-6-14(18)11(7-12)8-19-9-13-10-20-15-3-1-2-4-16(15)21-13/h1-7,13,19H,8-10H2. The summed E-state index contributed by atoms with van der Waals surface area (Å²) in [6.45, 7) is 1.85. The molecule has 5 heteroatoms. The predicted molar refractivity (Wildman–Crippen MR) is 84.5 cm³/mol. The van der Waals surface area contributed by atoms with Gasteiger partial charge in [0.2, 0.25) is 0 Å². The molecule has 0 aliphatic carbocycles. The summed E-state index contributed by atoms with van der Waals surface area (Å²) >= 11 is 12.1. The largest absolute Gasteiger partial charge is 0.486 e. The van der Waals surface area contributed by atoms with E-state index in [0.29, 0.717) is 29.7 Å². The van der Waals surface area contributed by atoms with Crippen LogP contribution in [0.2, 0.25) is 10.0 Å². The second kappa shape index (κ2) is 6.56. The summed E-state index contributed by atoms with van der Waals surface area (Å²) in [6.07, 6.45) is -0.0159. The van der Waals surface area contributed by atoms with E-state index < -0.39 is 0 Å². The number of halogens is 2.